The summed E-state index contributed by atoms with van der Waals surface area (Å²) in [6.45, 7) is 1.89. The van der Waals surface area contributed by atoms with E-state index in [-0.39, 0.29) is 6.04 Å². The average Bonchev–Trinajstić information content (AvgIpc) is 2.73. The van der Waals surface area contributed by atoms with Crippen molar-refractivity contribution in [2.75, 3.05) is 0 Å². The van der Waals surface area contributed by atoms with Crippen LogP contribution >= 0.6 is 0 Å². The molecule has 0 bridgehead atoms. The van der Waals surface area contributed by atoms with Crippen molar-refractivity contribution in [3.8, 4) is 0 Å². The first kappa shape index (κ1) is 9.23. The second kappa shape index (κ2) is 3.24. The van der Waals surface area contributed by atoms with Gasteiger partial charge in [-0.2, -0.15) is 0 Å². The molecule has 0 aliphatic heterocycles. The minimum Gasteiger partial charge on any atom is -0.322 e. The molecule has 16 heavy (non-hydrogen) atoms. The van der Waals surface area contributed by atoms with Crippen LogP contribution in [0.2, 0.25) is 0 Å². The van der Waals surface area contributed by atoms with E-state index in [1.165, 1.54) is 0 Å². The number of rotatable bonds is 1. The fourth-order valence-electron chi connectivity index (χ4n) is 1.82. The molecule has 0 saturated heterocycles. The van der Waals surface area contributed by atoms with Crippen molar-refractivity contribution in [2.24, 2.45) is 5.73 Å². The summed E-state index contributed by atoms with van der Waals surface area (Å²) in [4.78, 5) is 4.32. The number of nitrogens with two attached hydrogens (primary N) is 1. The van der Waals surface area contributed by atoms with Gasteiger partial charge in [-0.05, 0) is 19.1 Å². The molecule has 1 aromatic carbocycles. The van der Waals surface area contributed by atoms with E-state index in [2.05, 4.69) is 15.2 Å². The second-order valence-corrected chi connectivity index (χ2v) is 3.79. The topological polar surface area (TPSA) is 69.1 Å². The highest BCUT2D eigenvalue weighted by molar-refractivity contribution is 5.77. The summed E-state index contributed by atoms with van der Waals surface area (Å²) in [7, 11) is 0. The molecule has 5 nitrogen and oxygen atoms in total. The van der Waals surface area contributed by atoms with E-state index in [4.69, 9.17) is 5.73 Å². The Hall–Kier alpha value is -2.01. The molecule has 2 aromatic heterocycles. The Balaban J connectivity index is 2.52. The zero-order chi connectivity index (χ0) is 11.1. The summed E-state index contributed by atoms with van der Waals surface area (Å²) in [5, 5.41) is 8.15. The van der Waals surface area contributed by atoms with Crippen LogP contribution in [0, 0.1) is 0 Å². The highest BCUT2D eigenvalue weighted by Crippen LogP contribution is 2.17. The molecular formula is C11H11N5. The van der Waals surface area contributed by atoms with Gasteiger partial charge in [0.2, 0.25) is 0 Å². The Bertz CT molecular complexity index is 656. The molecule has 1 atom stereocenters. The quantitative estimate of drug-likeness (QED) is 0.661. The lowest BCUT2D eigenvalue weighted by Crippen LogP contribution is -2.10. The SMILES string of the molecule is CC(N)c1nnc2cnc3ccccc3n12. The van der Waals surface area contributed by atoms with Gasteiger partial charge in [-0.3, -0.25) is 9.38 Å². The van der Waals surface area contributed by atoms with Gasteiger partial charge in [0.25, 0.3) is 0 Å². The number of hydrogen-bond donors (Lipinski definition) is 1. The van der Waals surface area contributed by atoms with Crippen molar-refractivity contribution in [1.82, 2.24) is 19.6 Å². The largest absolute Gasteiger partial charge is 0.322 e. The Morgan fingerprint density at radius 1 is 1.25 bits per heavy atom. The molecule has 2 N–H and O–H groups in total. The lowest BCUT2D eigenvalue weighted by Gasteiger charge is -2.05. The molecule has 0 aliphatic carbocycles. The van der Waals surface area contributed by atoms with E-state index in [0.29, 0.717) is 0 Å². The lowest BCUT2D eigenvalue weighted by molar-refractivity contribution is 0.732. The molecule has 0 aliphatic rings. The molecule has 0 saturated carbocycles. The van der Waals surface area contributed by atoms with Gasteiger partial charge >= 0.3 is 0 Å². The van der Waals surface area contributed by atoms with Crippen molar-refractivity contribution in [3.05, 3.63) is 36.3 Å². The molecule has 0 amide bonds. The van der Waals surface area contributed by atoms with Crippen LogP contribution in [0.4, 0.5) is 0 Å². The van der Waals surface area contributed by atoms with Gasteiger partial charge in [-0.1, -0.05) is 12.1 Å². The normalized spacial score (nSPS) is 13.4. The molecule has 0 radical (unpaired) electrons. The zero-order valence-corrected chi connectivity index (χ0v) is 8.83. The Morgan fingerprint density at radius 2 is 2.06 bits per heavy atom. The minimum atomic E-state index is -0.152. The van der Waals surface area contributed by atoms with Crippen LogP contribution in [-0.4, -0.2) is 19.6 Å². The maximum absolute atomic E-state index is 5.87. The molecule has 5 heteroatoms. The molecule has 80 valence electrons. The number of aromatic nitrogens is 4. The van der Waals surface area contributed by atoms with E-state index < -0.39 is 0 Å². The number of hydrogen-bond acceptors (Lipinski definition) is 4. The van der Waals surface area contributed by atoms with Crippen molar-refractivity contribution in [3.63, 3.8) is 0 Å². The van der Waals surface area contributed by atoms with Gasteiger partial charge < -0.3 is 5.73 Å². The molecule has 2 heterocycles. The van der Waals surface area contributed by atoms with E-state index in [1.54, 1.807) is 6.20 Å². The summed E-state index contributed by atoms with van der Waals surface area (Å²) >= 11 is 0. The van der Waals surface area contributed by atoms with Crippen LogP contribution in [0.3, 0.4) is 0 Å². The van der Waals surface area contributed by atoms with Crippen molar-refractivity contribution in [2.45, 2.75) is 13.0 Å². The van der Waals surface area contributed by atoms with E-state index >= 15 is 0 Å². The van der Waals surface area contributed by atoms with Crippen molar-refractivity contribution < 1.29 is 0 Å². The van der Waals surface area contributed by atoms with Crippen molar-refractivity contribution in [1.29, 1.82) is 0 Å². The van der Waals surface area contributed by atoms with E-state index in [0.717, 1.165) is 22.5 Å². The number of nitrogens with zero attached hydrogens (tertiary/aromatic N) is 4. The summed E-state index contributed by atoms with van der Waals surface area (Å²) in [6, 6.07) is 7.72. The lowest BCUT2D eigenvalue weighted by atomic mass is 10.3. The van der Waals surface area contributed by atoms with Gasteiger partial charge in [0.1, 0.15) is 0 Å². The minimum absolute atomic E-state index is 0.152. The van der Waals surface area contributed by atoms with Crippen LogP contribution in [-0.2, 0) is 0 Å². The van der Waals surface area contributed by atoms with Crippen LogP contribution in [0.5, 0.6) is 0 Å². The predicted octanol–water partition coefficient (Wildman–Crippen LogP) is 1.30. The van der Waals surface area contributed by atoms with Crippen LogP contribution in [0.15, 0.2) is 30.5 Å². The van der Waals surface area contributed by atoms with Crippen LogP contribution in [0.1, 0.15) is 18.8 Å². The Morgan fingerprint density at radius 3 is 2.88 bits per heavy atom. The van der Waals surface area contributed by atoms with E-state index in [9.17, 15) is 0 Å². The van der Waals surface area contributed by atoms with Crippen molar-refractivity contribution >= 4 is 16.7 Å². The standard InChI is InChI=1S/C11H11N5/c1-7(12)11-15-14-10-6-13-8-4-2-3-5-9(8)16(10)11/h2-7H,12H2,1H3. The monoisotopic (exact) mass is 213 g/mol. The number of para-hydroxylation sites is 2. The van der Waals surface area contributed by atoms with E-state index in [1.807, 2.05) is 35.6 Å². The molecular weight excluding hydrogens is 202 g/mol. The molecule has 0 spiro atoms. The Labute approximate surface area is 91.9 Å². The van der Waals surface area contributed by atoms with Gasteiger partial charge in [-0.25, -0.2) is 0 Å². The summed E-state index contributed by atoms with van der Waals surface area (Å²) in [5.41, 5.74) is 8.50. The average molecular weight is 213 g/mol. The fraction of sp³-hybridized carbons (Fsp3) is 0.182. The van der Waals surface area contributed by atoms with Crippen LogP contribution < -0.4 is 5.73 Å². The first-order chi connectivity index (χ1) is 7.77. The third-order valence-electron chi connectivity index (χ3n) is 2.56. The maximum atomic E-state index is 5.87. The van der Waals surface area contributed by atoms with Crippen LogP contribution in [0.25, 0.3) is 16.7 Å². The molecule has 3 rings (SSSR count). The summed E-state index contributed by atoms with van der Waals surface area (Å²) < 4.78 is 1.95. The highest BCUT2D eigenvalue weighted by atomic mass is 15.3. The molecule has 0 fully saturated rings. The highest BCUT2D eigenvalue weighted by Gasteiger charge is 2.11. The number of benzene rings is 1. The summed E-state index contributed by atoms with van der Waals surface area (Å²) in [5.74, 6) is 0.758. The molecule has 3 aromatic rings. The number of fused-ring (bicyclic) bond motifs is 3. The third-order valence-corrected chi connectivity index (χ3v) is 2.56. The predicted molar refractivity (Wildman–Crippen MR) is 60.9 cm³/mol. The first-order valence-corrected chi connectivity index (χ1v) is 5.12. The molecule has 1 unspecified atom stereocenters. The fourth-order valence-corrected chi connectivity index (χ4v) is 1.82. The summed E-state index contributed by atoms with van der Waals surface area (Å²) in [6.07, 6.45) is 1.71. The second-order valence-electron chi connectivity index (χ2n) is 3.79. The van der Waals surface area contributed by atoms with Gasteiger partial charge in [0, 0.05) is 0 Å². The van der Waals surface area contributed by atoms with Gasteiger partial charge in [0.05, 0.1) is 23.3 Å². The first-order valence-electron chi connectivity index (χ1n) is 5.12. The third kappa shape index (κ3) is 1.18. The maximum Gasteiger partial charge on any atom is 0.179 e. The van der Waals surface area contributed by atoms with Gasteiger partial charge in [0.15, 0.2) is 11.5 Å². The smallest absolute Gasteiger partial charge is 0.179 e. The van der Waals surface area contributed by atoms with Gasteiger partial charge in [-0.15, -0.1) is 10.2 Å². The zero-order valence-electron chi connectivity index (χ0n) is 8.83. The Kier molecular flexibility index (Phi) is 1.87.